The molecule has 0 bridgehead atoms. The van der Waals surface area contributed by atoms with Gasteiger partial charge in [-0.05, 0) is 37.7 Å². The maximum absolute atomic E-state index is 4.43. The standard InChI is InChI=1S/C11H17BrN2/c1-14-6-5-11(13-14)8-9-3-2-4-10(12)7-9/h5-6,9-10H,2-4,7-8H2,1H3. The molecule has 2 rings (SSSR count). The van der Waals surface area contributed by atoms with E-state index in [9.17, 15) is 0 Å². The average molecular weight is 257 g/mol. The minimum Gasteiger partial charge on any atom is -0.276 e. The highest BCUT2D eigenvalue weighted by atomic mass is 79.9. The smallest absolute Gasteiger partial charge is 0.0627 e. The van der Waals surface area contributed by atoms with E-state index in [1.165, 1.54) is 31.4 Å². The zero-order valence-electron chi connectivity index (χ0n) is 8.62. The summed E-state index contributed by atoms with van der Waals surface area (Å²) in [5.74, 6) is 0.836. The van der Waals surface area contributed by atoms with Crippen LogP contribution < -0.4 is 0 Å². The third-order valence-corrected chi connectivity index (χ3v) is 3.82. The van der Waals surface area contributed by atoms with Gasteiger partial charge in [-0.2, -0.15) is 5.10 Å². The molecule has 78 valence electrons. The number of rotatable bonds is 2. The van der Waals surface area contributed by atoms with Gasteiger partial charge < -0.3 is 0 Å². The van der Waals surface area contributed by atoms with Gasteiger partial charge in [0.25, 0.3) is 0 Å². The maximum atomic E-state index is 4.43. The monoisotopic (exact) mass is 256 g/mol. The first kappa shape index (κ1) is 10.2. The summed E-state index contributed by atoms with van der Waals surface area (Å²) in [4.78, 5) is 0.741. The molecular weight excluding hydrogens is 240 g/mol. The van der Waals surface area contributed by atoms with E-state index in [1.807, 2.05) is 17.9 Å². The molecule has 1 aliphatic rings. The summed E-state index contributed by atoms with van der Waals surface area (Å²) in [6.45, 7) is 0. The summed E-state index contributed by atoms with van der Waals surface area (Å²) < 4.78 is 1.89. The van der Waals surface area contributed by atoms with Crippen LogP contribution in [0.15, 0.2) is 12.3 Å². The lowest BCUT2D eigenvalue weighted by atomic mass is 9.86. The van der Waals surface area contributed by atoms with Crippen LogP contribution in [-0.4, -0.2) is 14.6 Å². The van der Waals surface area contributed by atoms with Gasteiger partial charge in [0.05, 0.1) is 5.69 Å². The maximum Gasteiger partial charge on any atom is 0.0627 e. The van der Waals surface area contributed by atoms with Crippen molar-refractivity contribution in [3.63, 3.8) is 0 Å². The lowest BCUT2D eigenvalue weighted by Crippen LogP contribution is -2.17. The summed E-state index contributed by atoms with van der Waals surface area (Å²) in [6, 6.07) is 2.14. The van der Waals surface area contributed by atoms with Gasteiger partial charge in [0.2, 0.25) is 0 Å². The Balaban J connectivity index is 1.90. The van der Waals surface area contributed by atoms with Gasteiger partial charge >= 0.3 is 0 Å². The number of aryl methyl sites for hydroxylation is 1. The molecule has 1 aromatic heterocycles. The van der Waals surface area contributed by atoms with Crippen molar-refractivity contribution in [1.29, 1.82) is 0 Å². The number of aromatic nitrogens is 2. The molecule has 2 unspecified atom stereocenters. The van der Waals surface area contributed by atoms with Crippen LogP contribution in [0.2, 0.25) is 0 Å². The zero-order valence-corrected chi connectivity index (χ0v) is 10.2. The summed E-state index contributed by atoms with van der Waals surface area (Å²) >= 11 is 3.72. The molecular formula is C11H17BrN2. The van der Waals surface area contributed by atoms with Crippen LogP contribution in [0.1, 0.15) is 31.4 Å². The molecule has 0 N–H and O–H groups in total. The molecule has 0 aromatic carbocycles. The van der Waals surface area contributed by atoms with Gasteiger partial charge in [0.1, 0.15) is 0 Å². The molecule has 0 spiro atoms. The predicted molar refractivity (Wildman–Crippen MR) is 61.6 cm³/mol. The molecule has 1 heterocycles. The van der Waals surface area contributed by atoms with E-state index in [-0.39, 0.29) is 0 Å². The van der Waals surface area contributed by atoms with Crippen molar-refractivity contribution in [3.8, 4) is 0 Å². The molecule has 1 fully saturated rings. The molecule has 0 aliphatic heterocycles. The Morgan fingerprint density at radius 1 is 1.57 bits per heavy atom. The number of nitrogens with zero attached hydrogens (tertiary/aromatic N) is 2. The topological polar surface area (TPSA) is 17.8 Å². The highest BCUT2D eigenvalue weighted by Crippen LogP contribution is 2.30. The lowest BCUT2D eigenvalue weighted by Gasteiger charge is -2.24. The van der Waals surface area contributed by atoms with Crippen molar-refractivity contribution in [2.75, 3.05) is 0 Å². The molecule has 1 aromatic rings. The molecule has 3 heteroatoms. The van der Waals surface area contributed by atoms with Crippen molar-refractivity contribution in [3.05, 3.63) is 18.0 Å². The van der Waals surface area contributed by atoms with Crippen LogP contribution >= 0.6 is 15.9 Å². The normalized spacial score (nSPS) is 27.9. The van der Waals surface area contributed by atoms with Crippen LogP contribution in [0.4, 0.5) is 0 Å². The third-order valence-electron chi connectivity index (χ3n) is 2.99. The summed E-state index contributed by atoms with van der Waals surface area (Å²) in [5.41, 5.74) is 1.25. The SMILES string of the molecule is Cn1ccc(CC2CCCC(Br)C2)n1. The summed E-state index contributed by atoms with van der Waals surface area (Å²) in [6.07, 6.45) is 8.59. The quantitative estimate of drug-likeness (QED) is 0.745. The van der Waals surface area contributed by atoms with Crippen molar-refractivity contribution in [2.24, 2.45) is 13.0 Å². The molecule has 1 saturated carbocycles. The molecule has 0 radical (unpaired) electrons. The molecule has 1 aliphatic carbocycles. The third kappa shape index (κ3) is 2.59. The minimum absolute atomic E-state index is 0.741. The largest absolute Gasteiger partial charge is 0.276 e. The van der Waals surface area contributed by atoms with Gasteiger partial charge in [-0.15, -0.1) is 0 Å². The fourth-order valence-corrected chi connectivity index (χ4v) is 3.13. The predicted octanol–water partition coefficient (Wildman–Crippen LogP) is 2.92. The van der Waals surface area contributed by atoms with Crippen LogP contribution in [0.5, 0.6) is 0 Å². The van der Waals surface area contributed by atoms with Crippen LogP contribution in [0, 0.1) is 5.92 Å². The second-order valence-electron chi connectivity index (χ2n) is 4.31. The first-order valence-electron chi connectivity index (χ1n) is 5.36. The Hall–Kier alpha value is -0.310. The van der Waals surface area contributed by atoms with Gasteiger partial charge in [0.15, 0.2) is 0 Å². The number of hydrogen-bond acceptors (Lipinski definition) is 1. The first-order valence-corrected chi connectivity index (χ1v) is 6.28. The van der Waals surface area contributed by atoms with Gasteiger partial charge in [0, 0.05) is 18.1 Å². The lowest BCUT2D eigenvalue weighted by molar-refractivity contribution is 0.364. The van der Waals surface area contributed by atoms with Crippen LogP contribution in [-0.2, 0) is 13.5 Å². The first-order chi connectivity index (χ1) is 6.74. The average Bonchev–Trinajstić information content (AvgIpc) is 2.51. The van der Waals surface area contributed by atoms with Gasteiger partial charge in [-0.1, -0.05) is 22.4 Å². The van der Waals surface area contributed by atoms with Crippen molar-refractivity contribution < 1.29 is 0 Å². The highest BCUT2D eigenvalue weighted by Gasteiger charge is 2.20. The number of halogens is 1. The zero-order chi connectivity index (χ0) is 9.97. The van der Waals surface area contributed by atoms with E-state index in [0.29, 0.717) is 0 Å². The van der Waals surface area contributed by atoms with Gasteiger partial charge in [-0.3, -0.25) is 4.68 Å². The Kier molecular flexibility index (Phi) is 3.26. The van der Waals surface area contributed by atoms with E-state index < -0.39 is 0 Å². The number of alkyl halides is 1. The second-order valence-corrected chi connectivity index (χ2v) is 5.61. The Bertz CT molecular complexity index is 295. The summed E-state index contributed by atoms with van der Waals surface area (Å²) in [7, 11) is 1.98. The number of hydrogen-bond donors (Lipinski definition) is 0. The van der Waals surface area contributed by atoms with Crippen LogP contribution in [0.3, 0.4) is 0 Å². The Morgan fingerprint density at radius 2 is 2.43 bits per heavy atom. The van der Waals surface area contributed by atoms with E-state index in [4.69, 9.17) is 0 Å². The highest BCUT2D eigenvalue weighted by molar-refractivity contribution is 9.09. The molecule has 0 saturated heterocycles. The fourth-order valence-electron chi connectivity index (χ4n) is 2.28. The van der Waals surface area contributed by atoms with Crippen LogP contribution in [0.25, 0.3) is 0 Å². The Labute approximate surface area is 93.8 Å². The summed E-state index contributed by atoms with van der Waals surface area (Å²) in [5, 5.41) is 4.43. The van der Waals surface area contributed by atoms with E-state index in [0.717, 1.165) is 17.2 Å². The van der Waals surface area contributed by atoms with E-state index >= 15 is 0 Å². The van der Waals surface area contributed by atoms with Crippen molar-refractivity contribution in [1.82, 2.24) is 9.78 Å². The minimum atomic E-state index is 0.741. The van der Waals surface area contributed by atoms with Crippen molar-refractivity contribution in [2.45, 2.75) is 36.9 Å². The fraction of sp³-hybridized carbons (Fsp3) is 0.727. The van der Waals surface area contributed by atoms with E-state index in [2.05, 4.69) is 27.1 Å². The molecule has 0 amide bonds. The van der Waals surface area contributed by atoms with Crippen molar-refractivity contribution >= 4 is 15.9 Å². The molecule has 2 atom stereocenters. The second kappa shape index (κ2) is 4.47. The van der Waals surface area contributed by atoms with Gasteiger partial charge in [-0.25, -0.2) is 0 Å². The molecule has 2 nitrogen and oxygen atoms in total. The Morgan fingerprint density at radius 3 is 3.07 bits per heavy atom. The molecule has 14 heavy (non-hydrogen) atoms. The van der Waals surface area contributed by atoms with E-state index in [1.54, 1.807) is 0 Å².